The van der Waals surface area contributed by atoms with Crippen LogP contribution in [0, 0.1) is 5.92 Å². The number of piperidine rings is 1. The molecule has 2 heterocycles. The predicted octanol–water partition coefficient (Wildman–Crippen LogP) is 2.96. The fraction of sp³-hybridized carbons (Fsp3) is 0.522. The molecule has 2 fully saturated rings. The van der Waals surface area contributed by atoms with Gasteiger partial charge >= 0.3 is 0 Å². The molecule has 1 aliphatic heterocycles. The van der Waals surface area contributed by atoms with Gasteiger partial charge in [-0.1, -0.05) is 49.6 Å². The van der Waals surface area contributed by atoms with E-state index in [2.05, 4.69) is 15.3 Å². The number of aromatic nitrogens is 2. The average Bonchev–Trinajstić information content (AvgIpc) is 2.77. The Kier molecular flexibility index (Phi) is 6.27. The van der Waals surface area contributed by atoms with Crippen LogP contribution < -0.4 is 15.8 Å². The van der Waals surface area contributed by atoms with E-state index in [9.17, 15) is 9.59 Å². The van der Waals surface area contributed by atoms with Gasteiger partial charge in [-0.05, 0) is 31.2 Å². The summed E-state index contributed by atoms with van der Waals surface area (Å²) in [5, 5.41) is 7.64. The van der Waals surface area contributed by atoms with Crippen molar-refractivity contribution in [2.75, 3.05) is 18.0 Å². The summed E-state index contributed by atoms with van der Waals surface area (Å²) < 4.78 is 1.48. The van der Waals surface area contributed by atoms with E-state index in [-0.39, 0.29) is 17.4 Å². The van der Waals surface area contributed by atoms with Gasteiger partial charge in [-0.2, -0.15) is 5.10 Å². The van der Waals surface area contributed by atoms with Crippen molar-refractivity contribution in [3.05, 3.63) is 58.5 Å². The molecule has 0 radical (unpaired) electrons. The minimum Gasteiger partial charge on any atom is -0.369 e. The molecule has 1 saturated heterocycles. The molecule has 0 bridgehead atoms. The summed E-state index contributed by atoms with van der Waals surface area (Å²) in [6.45, 7) is 1.98. The van der Waals surface area contributed by atoms with Gasteiger partial charge in [0.2, 0.25) is 5.91 Å². The molecule has 1 saturated carbocycles. The van der Waals surface area contributed by atoms with E-state index < -0.39 is 0 Å². The third-order valence-electron chi connectivity index (χ3n) is 6.14. The maximum absolute atomic E-state index is 12.7. The van der Waals surface area contributed by atoms with Crippen LogP contribution in [0.15, 0.2) is 47.4 Å². The Morgan fingerprint density at radius 3 is 2.62 bits per heavy atom. The van der Waals surface area contributed by atoms with Gasteiger partial charge in [0.1, 0.15) is 0 Å². The van der Waals surface area contributed by atoms with Crippen LogP contribution in [0.2, 0.25) is 0 Å². The van der Waals surface area contributed by atoms with Gasteiger partial charge in [0.25, 0.3) is 5.56 Å². The van der Waals surface area contributed by atoms with Crippen molar-refractivity contribution < 1.29 is 4.79 Å². The molecular weight excluding hydrogens is 364 g/mol. The van der Waals surface area contributed by atoms with E-state index in [0.717, 1.165) is 43.5 Å². The van der Waals surface area contributed by atoms with Crippen LogP contribution in [0.1, 0.15) is 50.5 Å². The number of carbonyl (C=O) groups excluding carboxylic acids is 1. The average molecular weight is 395 g/mol. The maximum atomic E-state index is 12.7. The van der Waals surface area contributed by atoms with Crippen LogP contribution >= 0.6 is 0 Å². The first-order chi connectivity index (χ1) is 14.2. The lowest BCUT2D eigenvalue weighted by molar-refractivity contribution is -0.126. The zero-order valence-electron chi connectivity index (χ0n) is 16.9. The molecule has 29 heavy (non-hydrogen) atoms. The number of hydrogen-bond donors (Lipinski definition) is 1. The Bertz CT molecular complexity index is 874. The second-order valence-corrected chi connectivity index (χ2v) is 8.32. The molecule has 1 amide bonds. The highest BCUT2D eigenvalue weighted by atomic mass is 16.2. The third kappa shape index (κ3) is 5.05. The van der Waals surface area contributed by atoms with Crippen LogP contribution in [-0.2, 0) is 11.3 Å². The number of amides is 1. The van der Waals surface area contributed by atoms with Gasteiger partial charge in [-0.3, -0.25) is 9.59 Å². The van der Waals surface area contributed by atoms with E-state index >= 15 is 0 Å². The summed E-state index contributed by atoms with van der Waals surface area (Å²) in [6, 6.07) is 11.8. The number of nitrogens with one attached hydrogen (secondary N) is 1. The van der Waals surface area contributed by atoms with E-state index in [1.165, 1.54) is 23.9 Å². The normalized spacial score (nSPS) is 20.4. The molecule has 2 aliphatic rings. The highest BCUT2D eigenvalue weighted by Gasteiger charge is 2.28. The molecule has 4 rings (SSSR count). The molecule has 1 aromatic heterocycles. The van der Waals surface area contributed by atoms with Crippen LogP contribution in [0.25, 0.3) is 0 Å². The maximum Gasteiger partial charge on any atom is 0.269 e. The minimum atomic E-state index is -0.111. The first-order valence-electron chi connectivity index (χ1n) is 10.9. The Balaban J connectivity index is 1.39. The first-order valence-corrected chi connectivity index (χ1v) is 10.9. The van der Waals surface area contributed by atoms with E-state index in [4.69, 9.17) is 0 Å². The number of rotatable bonds is 5. The highest BCUT2D eigenvalue weighted by Crippen LogP contribution is 2.23. The van der Waals surface area contributed by atoms with Gasteiger partial charge in [0.05, 0.1) is 24.3 Å². The predicted molar refractivity (Wildman–Crippen MR) is 114 cm³/mol. The van der Waals surface area contributed by atoms with Gasteiger partial charge in [0.15, 0.2) is 0 Å². The Morgan fingerprint density at radius 2 is 1.86 bits per heavy atom. The van der Waals surface area contributed by atoms with Crippen molar-refractivity contribution >= 4 is 11.6 Å². The molecule has 0 spiro atoms. The molecule has 154 valence electrons. The minimum absolute atomic E-state index is 0.0163. The largest absolute Gasteiger partial charge is 0.369 e. The van der Waals surface area contributed by atoms with Crippen molar-refractivity contribution in [2.45, 2.75) is 57.5 Å². The molecule has 1 atom stereocenters. The highest BCUT2D eigenvalue weighted by molar-refractivity contribution is 5.80. The summed E-state index contributed by atoms with van der Waals surface area (Å²) >= 11 is 0. The first kappa shape index (κ1) is 19.7. The lowest BCUT2D eigenvalue weighted by Crippen LogP contribution is -2.46. The molecule has 6 nitrogen and oxygen atoms in total. The lowest BCUT2D eigenvalue weighted by Gasteiger charge is -2.34. The van der Waals surface area contributed by atoms with Gasteiger partial charge in [-0.15, -0.1) is 0 Å². The molecule has 1 aromatic carbocycles. The van der Waals surface area contributed by atoms with Crippen LogP contribution in [-0.4, -0.2) is 34.8 Å². The fourth-order valence-corrected chi connectivity index (χ4v) is 4.46. The summed E-state index contributed by atoms with van der Waals surface area (Å²) in [7, 11) is 0. The topological polar surface area (TPSA) is 67.2 Å². The number of hydrogen-bond acceptors (Lipinski definition) is 4. The van der Waals surface area contributed by atoms with E-state index in [1.807, 2.05) is 30.3 Å². The Hall–Kier alpha value is -2.63. The smallest absolute Gasteiger partial charge is 0.269 e. The molecule has 1 N–H and O–H groups in total. The van der Waals surface area contributed by atoms with E-state index in [0.29, 0.717) is 19.1 Å². The Morgan fingerprint density at radius 1 is 1.07 bits per heavy atom. The molecule has 1 aliphatic carbocycles. The SMILES string of the molecule is O=C(NC1CCCCC1)[C@@H]1CCCN(c2cnn(Cc3ccccc3)c(=O)c2)C1. The number of benzene rings is 1. The molecule has 2 aromatic rings. The van der Waals surface area contributed by atoms with Crippen LogP contribution in [0.5, 0.6) is 0 Å². The third-order valence-corrected chi connectivity index (χ3v) is 6.14. The van der Waals surface area contributed by atoms with Gasteiger partial charge < -0.3 is 10.2 Å². The number of anilines is 1. The van der Waals surface area contributed by atoms with Crippen molar-refractivity contribution in [3.63, 3.8) is 0 Å². The second kappa shape index (κ2) is 9.25. The van der Waals surface area contributed by atoms with Gasteiger partial charge in [0, 0.05) is 25.2 Å². The zero-order valence-corrected chi connectivity index (χ0v) is 16.9. The number of carbonyl (C=O) groups is 1. The quantitative estimate of drug-likeness (QED) is 0.847. The Labute approximate surface area is 171 Å². The molecule has 0 unspecified atom stereocenters. The van der Waals surface area contributed by atoms with Crippen molar-refractivity contribution in [1.29, 1.82) is 0 Å². The molecular formula is C23H30N4O2. The summed E-state index contributed by atoms with van der Waals surface area (Å²) in [4.78, 5) is 27.4. The molecule has 6 heteroatoms. The number of nitrogens with zero attached hydrogens (tertiary/aromatic N) is 3. The lowest BCUT2D eigenvalue weighted by atomic mass is 9.93. The second-order valence-electron chi connectivity index (χ2n) is 8.32. The standard InChI is InChI=1S/C23H30N4O2/c28-22-14-21(15-24-27(22)16-18-8-3-1-4-9-18)26-13-7-10-19(17-26)23(29)25-20-11-5-2-6-12-20/h1,3-4,8-9,14-15,19-20H,2,5-7,10-13,16-17H2,(H,25,29)/t19-/m1/s1. The fourth-order valence-electron chi connectivity index (χ4n) is 4.46. The van der Waals surface area contributed by atoms with Crippen molar-refractivity contribution in [1.82, 2.24) is 15.1 Å². The van der Waals surface area contributed by atoms with Gasteiger partial charge in [-0.25, -0.2) is 4.68 Å². The van der Waals surface area contributed by atoms with Crippen molar-refractivity contribution in [3.8, 4) is 0 Å². The van der Waals surface area contributed by atoms with Crippen LogP contribution in [0.3, 0.4) is 0 Å². The van der Waals surface area contributed by atoms with Crippen LogP contribution in [0.4, 0.5) is 5.69 Å². The monoisotopic (exact) mass is 394 g/mol. The van der Waals surface area contributed by atoms with E-state index in [1.54, 1.807) is 12.3 Å². The summed E-state index contributed by atoms with van der Waals surface area (Å²) in [6.07, 6.45) is 9.54. The zero-order chi connectivity index (χ0) is 20.1. The summed E-state index contributed by atoms with van der Waals surface area (Å²) in [5.41, 5.74) is 1.75. The van der Waals surface area contributed by atoms with Crippen molar-refractivity contribution in [2.24, 2.45) is 5.92 Å². The summed E-state index contributed by atoms with van der Waals surface area (Å²) in [5.74, 6) is 0.157.